The molecule has 0 aromatic carbocycles. The summed E-state index contributed by atoms with van der Waals surface area (Å²) in [6.07, 6.45) is 11.9. The van der Waals surface area contributed by atoms with Crippen LogP contribution in [0, 0.1) is 23.7 Å². The fourth-order valence-electron chi connectivity index (χ4n) is 3.82. The summed E-state index contributed by atoms with van der Waals surface area (Å²) in [7, 11) is 0. The Kier molecular flexibility index (Phi) is 2.00. The Morgan fingerprint density at radius 1 is 1.07 bits per heavy atom. The van der Waals surface area contributed by atoms with Crippen LogP contribution in [0.5, 0.6) is 0 Å². The third kappa shape index (κ3) is 1.18. The molecule has 0 aliphatic heterocycles. The molecule has 0 radical (unpaired) electrons. The summed E-state index contributed by atoms with van der Waals surface area (Å²) in [5.74, 6) is 3.09. The second kappa shape index (κ2) is 3.22. The number of carbonyl (C=O) groups excluding carboxylic acids is 1. The molecule has 3 aliphatic carbocycles. The van der Waals surface area contributed by atoms with E-state index in [1.54, 1.807) is 0 Å². The predicted molar refractivity (Wildman–Crippen MR) is 55.8 cm³/mol. The van der Waals surface area contributed by atoms with Gasteiger partial charge >= 0.3 is 0 Å². The summed E-state index contributed by atoms with van der Waals surface area (Å²) < 4.78 is 0. The zero-order valence-electron chi connectivity index (χ0n) is 8.61. The minimum atomic E-state index is 0.422. The molecule has 1 nitrogen and oxygen atoms in total. The molecule has 3 aliphatic rings. The molecule has 14 heavy (non-hydrogen) atoms. The number of rotatable bonds is 0. The molecule has 2 saturated carbocycles. The van der Waals surface area contributed by atoms with Gasteiger partial charge < -0.3 is 0 Å². The molecule has 0 saturated heterocycles. The van der Waals surface area contributed by atoms with Crippen LogP contribution in [0.4, 0.5) is 0 Å². The Hall–Kier alpha value is -0.590. The SMILES string of the molecule is O=C1CCCCC[C@H]2[C@@H]1[C@H]1C=C[C@@H]2C1. The minimum absolute atomic E-state index is 0.422. The molecule has 0 aromatic heterocycles. The van der Waals surface area contributed by atoms with E-state index in [0.717, 1.165) is 24.7 Å². The van der Waals surface area contributed by atoms with Gasteiger partial charge in [0.25, 0.3) is 0 Å². The second-order valence-electron chi connectivity index (χ2n) is 5.20. The number of hydrogen-bond acceptors (Lipinski definition) is 1. The van der Waals surface area contributed by atoms with Gasteiger partial charge in [0.05, 0.1) is 0 Å². The maximum absolute atomic E-state index is 12.0. The average Bonchev–Trinajstić information content (AvgIpc) is 2.72. The van der Waals surface area contributed by atoms with Gasteiger partial charge in [0.2, 0.25) is 0 Å². The van der Waals surface area contributed by atoms with Crippen LogP contribution in [0.2, 0.25) is 0 Å². The minimum Gasteiger partial charge on any atom is -0.299 e. The van der Waals surface area contributed by atoms with Gasteiger partial charge in [0.1, 0.15) is 5.78 Å². The summed E-state index contributed by atoms with van der Waals surface area (Å²) in [5.41, 5.74) is 0. The molecule has 0 aromatic rings. The number of allylic oxidation sites excluding steroid dienone is 2. The highest BCUT2D eigenvalue weighted by molar-refractivity contribution is 5.82. The second-order valence-corrected chi connectivity index (χ2v) is 5.20. The first-order valence-corrected chi connectivity index (χ1v) is 6.07. The quantitative estimate of drug-likeness (QED) is 0.537. The number of carbonyl (C=O) groups is 1. The smallest absolute Gasteiger partial charge is 0.136 e. The normalized spacial score (nSPS) is 46.1. The van der Waals surface area contributed by atoms with Crippen LogP contribution < -0.4 is 0 Å². The Bertz CT molecular complexity index is 279. The number of Topliss-reactive ketones (excluding diaryl/α,β-unsaturated/α-hetero) is 1. The van der Waals surface area contributed by atoms with Gasteiger partial charge in [-0.3, -0.25) is 4.79 Å². The molecule has 0 N–H and O–H groups in total. The Labute approximate surface area is 85.6 Å². The predicted octanol–water partition coefficient (Wildman–Crippen LogP) is 2.96. The van der Waals surface area contributed by atoms with Crippen molar-refractivity contribution in [1.29, 1.82) is 0 Å². The molecule has 4 atom stereocenters. The molecule has 0 amide bonds. The van der Waals surface area contributed by atoms with E-state index in [2.05, 4.69) is 12.2 Å². The molecule has 3 rings (SSSR count). The summed E-state index contributed by atoms with van der Waals surface area (Å²) in [4.78, 5) is 12.0. The lowest BCUT2D eigenvalue weighted by atomic mass is 9.75. The first-order chi connectivity index (χ1) is 6.86. The van der Waals surface area contributed by atoms with Crippen molar-refractivity contribution in [3.05, 3.63) is 12.2 Å². The zero-order valence-corrected chi connectivity index (χ0v) is 8.61. The van der Waals surface area contributed by atoms with Crippen LogP contribution in [-0.2, 0) is 4.79 Å². The largest absolute Gasteiger partial charge is 0.299 e. The van der Waals surface area contributed by atoms with Crippen LogP contribution >= 0.6 is 0 Å². The van der Waals surface area contributed by atoms with Crippen molar-refractivity contribution in [1.82, 2.24) is 0 Å². The zero-order chi connectivity index (χ0) is 9.54. The Balaban J connectivity index is 1.87. The molecule has 1 heteroatoms. The van der Waals surface area contributed by atoms with Crippen LogP contribution in [0.15, 0.2) is 12.2 Å². The first-order valence-electron chi connectivity index (χ1n) is 6.07. The number of hydrogen-bond donors (Lipinski definition) is 0. The highest BCUT2D eigenvalue weighted by Crippen LogP contribution is 2.51. The van der Waals surface area contributed by atoms with Gasteiger partial charge in [-0.25, -0.2) is 0 Å². The van der Waals surface area contributed by atoms with E-state index in [9.17, 15) is 4.79 Å². The van der Waals surface area contributed by atoms with Crippen molar-refractivity contribution < 1.29 is 4.79 Å². The lowest BCUT2D eigenvalue weighted by Gasteiger charge is -2.28. The highest BCUT2D eigenvalue weighted by Gasteiger charge is 2.47. The monoisotopic (exact) mass is 190 g/mol. The van der Waals surface area contributed by atoms with Crippen LogP contribution in [-0.4, -0.2) is 5.78 Å². The Morgan fingerprint density at radius 2 is 1.93 bits per heavy atom. The summed E-state index contributed by atoms with van der Waals surface area (Å²) >= 11 is 0. The number of ketones is 1. The van der Waals surface area contributed by atoms with Crippen LogP contribution in [0.3, 0.4) is 0 Å². The van der Waals surface area contributed by atoms with E-state index < -0.39 is 0 Å². The standard InChI is InChI=1S/C13H18O/c14-12-5-3-1-2-4-11-9-6-7-10(8-9)13(11)12/h6-7,9-11,13H,1-5,8H2/t9-,10+,11-,13+/m1/s1. The van der Waals surface area contributed by atoms with Crippen molar-refractivity contribution >= 4 is 5.78 Å². The van der Waals surface area contributed by atoms with Gasteiger partial charge in [-0.2, -0.15) is 0 Å². The van der Waals surface area contributed by atoms with E-state index >= 15 is 0 Å². The summed E-state index contributed by atoms with van der Waals surface area (Å²) in [5, 5.41) is 0. The van der Waals surface area contributed by atoms with Crippen molar-refractivity contribution in [2.75, 3.05) is 0 Å². The van der Waals surface area contributed by atoms with Gasteiger partial charge in [-0.1, -0.05) is 25.0 Å². The average molecular weight is 190 g/mol. The fourth-order valence-corrected chi connectivity index (χ4v) is 3.82. The van der Waals surface area contributed by atoms with Gasteiger partial charge in [-0.05, 0) is 37.0 Å². The van der Waals surface area contributed by atoms with Crippen LogP contribution in [0.1, 0.15) is 38.5 Å². The van der Waals surface area contributed by atoms with Crippen LogP contribution in [0.25, 0.3) is 0 Å². The molecule has 2 bridgehead atoms. The van der Waals surface area contributed by atoms with E-state index in [1.165, 1.54) is 25.7 Å². The molecule has 2 fully saturated rings. The molecule has 76 valence electrons. The lowest BCUT2D eigenvalue weighted by molar-refractivity contribution is -0.125. The maximum atomic E-state index is 12.0. The third-order valence-corrected chi connectivity index (χ3v) is 4.45. The summed E-state index contributed by atoms with van der Waals surface area (Å²) in [6, 6.07) is 0. The Morgan fingerprint density at radius 3 is 2.86 bits per heavy atom. The lowest BCUT2D eigenvalue weighted by Crippen LogP contribution is -2.28. The van der Waals surface area contributed by atoms with E-state index in [4.69, 9.17) is 0 Å². The molecule has 0 heterocycles. The third-order valence-electron chi connectivity index (χ3n) is 4.45. The highest BCUT2D eigenvalue weighted by atomic mass is 16.1. The van der Waals surface area contributed by atoms with Crippen molar-refractivity contribution in [3.63, 3.8) is 0 Å². The summed E-state index contributed by atoms with van der Waals surface area (Å²) in [6.45, 7) is 0. The molecular weight excluding hydrogens is 172 g/mol. The molecular formula is C13H18O. The first kappa shape index (κ1) is 8.70. The molecule has 0 unspecified atom stereocenters. The topological polar surface area (TPSA) is 17.1 Å². The van der Waals surface area contributed by atoms with E-state index in [0.29, 0.717) is 17.6 Å². The molecule has 0 spiro atoms. The maximum Gasteiger partial charge on any atom is 0.136 e. The fraction of sp³-hybridized carbons (Fsp3) is 0.769. The van der Waals surface area contributed by atoms with E-state index in [1.807, 2.05) is 0 Å². The van der Waals surface area contributed by atoms with Gasteiger partial charge in [-0.15, -0.1) is 0 Å². The van der Waals surface area contributed by atoms with Crippen molar-refractivity contribution in [3.8, 4) is 0 Å². The van der Waals surface area contributed by atoms with Gasteiger partial charge in [0.15, 0.2) is 0 Å². The number of fused-ring (bicyclic) bond motifs is 5. The van der Waals surface area contributed by atoms with Crippen molar-refractivity contribution in [2.45, 2.75) is 38.5 Å². The van der Waals surface area contributed by atoms with Crippen molar-refractivity contribution in [2.24, 2.45) is 23.7 Å². The van der Waals surface area contributed by atoms with E-state index in [-0.39, 0.29) is 0 Å². The van der Waals surface area contributed by atoms with Gasteiger partial charge in [0, 0.05) is 12.3 Å².